The van der Waals surface area contributed by atoms with E-state index in [2.05, 4.69) is 15.5 Å². The number of nitrogen functional groups attached to an aromatic ring is 1. The first-order chi connectivity index (χ1) is 7.75. The molecule has 82 valence electrons. The van der Waals surface area contributed by atoms with Gasteiger partial charge in [0.15, 0.2) is 5.82 Å². The van der Waals surface area contributed by atoms with Gasteiger partial charge in [0.05, 0.1) is 6.04 Å². The van der Waals surface area contributed by atoms with Gasteiger partial charge in [-0.2, -0.15) is 0 Å². The zero-order chi connectivity index (χ0) is 11.1. The lowest BCUT2D eigenvalue weighted by Gasteiger charge is -2.06. The second-order valence-electron chi connectivity index (χ2n) is 4.25. The molecule has 1 aliphatic carbocycles. The van der Waals surface area contributed by atoms with Crippen LogP contribution in [0.5, 0.6) is 0 Å². The highest BCUT2D eigenvalue weighted by atomic mass is 15.6. The summed E-state index contributed by atoms with van der Waals surface area (Å²) >= 11 is 0. The van der Waals surface area contributed by atoms with Gasteiger partial charge < -0.3 is 5.73 Å². The Kier molecular flexibility index (Phi) is 1.92. The summed E-state index contributed by atoms with van der Waals surface area (Å²) in [5.41, 5.74) is 8.67. The second kappa shape index (κ2) is 3.30. The maximum atomic E-state index is 5.73. The van der Waals surface area contributed by atoms with Crippen LogP contribution in [0, 0.1) is 6.92 Å². The number of hydrogen-bond acceptors (Lipinski definition) is 4. The molecule has 0 aliphatic heterocycles. The summed E-state index contributed by atoms with van der Waals surface area (Å²) in [4.78, 5) is 0. The van der Waals surface area contributed by atoms with Crippen LogP contribution < -0.4 is 5.73 Å². The first-order valence-corrected chi connectivity index (χ1v) is 5.40. The first-order valence-electron chi connectivity index (χ1n) is 5.40. The fourth-order valence-electron chi connectivity index (χ4n) is 1.87. The minimum absolute atomic E-state index is 0.488. The summed E-state index contributed by atoms with van der Waals surface area (Å²) in [6.45, 7) is 2.03. The van der Waals surface area contributed by atoms with Crippen molar-refractivity contribution in [3.8, 4) is 11.4 Å². The van der Waals surface area contributed by atoms with E-state index >= 15 is 0 Å². The van der Waals surface area contributed by atoms with Crippen LogP contribution in [-0.2, 0) is 0 Å². The predicted octanol–water partition coefficient (Wildman–Crippen LogP) is 1.57. The van der Waals surface area contributed by atoms with Crippen molar-refractivity contribution >= 4 is 5.69 Å². The maximum Gasteiger partial charge on any atom is 0.182 e. The van der Waals surface area contributed by atoms with Crippen LogP contribution in [0.25, 0.3) is 11.4 Å². The molecule has 1 saturated carbocycles. The van der Waals surface area contributed by atoms with Crippen LogP contribution >= 0.6 is 0 Å². The van der Waals surface area contributed by atoms with Gasteiger partial charge in [-0.25, -0.2) is 4.68 Å². The minimum atomic E-state index is 0.488. The highest BCUT2D eigenvalue weighted by Crippen LogP contribution is 2.37. The molecule has 0 saturated heterocycles. The van der Waals surface area contributed by atoms with Crippen LogP contribution in [0.1, 0.15) is 24.4 Å². The van der Waals surface area contributed by atoms with Gasteiger partial charge in [0.1, 0.15) is 0 Å². The van der Waals surface area contributed by atoms with Gasteiger partial charge in [0, 0.05) is 11.3 Å². The standard InChI is InChI=1S/C11H13N5/c1-7-6-8(12)2-5-10(7)11-13-14-15-16(11)9-3-4-9/h2,5-6,9H,3-4,12H2,1H3. The Balaban J connectivity index is 2.10. The minimum Gasteiger partial charge on any atom is -0.399 e. The molecular formula is C11H13N5. The molecule has 0 spiro atoms. The van der Waals surface area contributed by atoms with Crippen molar-refractivity contribution < 1.29 is 0 Å². The highest BCUT2D eigenvalue weighted by molar-refractivity contribution is 5.63. The van der Waals surface area contributed by atoms with Crippen molar-refractivity contribution in [3.05, 3.63) is 23.8 Å². The van der Waals surface area contributed by atoms with Crippen molar-refractivity contribution in [2.24, 2.45) is 0 Å². The molecule has 0 atom stereocenters. The fraction of sp³-hybridized carbons (Fsp3) is 0.364. The van der Waals surface area contributed by atoms with Crippen molar-refractivity contribution in [1.29, 1.82) is 0 Å². The average molecular weight is 215 g/mol. The molecule has 16 heavy (non-hydrogen) atoms. The molecule has 0 amide bonds. The highest BCUT2D eigenvalue weighted by Gasteiger charge is 2.28. The molecule has 5 heteroatoms. The van der Waals surface area contributed by atoms with E-state index in [1.165, 1.54) is 12.8 Å². The average Bonchev–Trinajstić information content (AvgIpc) is 2.98. The number of aromatic nitrogens is 4. The SMILES string of the molecule is Cc1cc(N)ccc1-c1nnnn1C1CC1. The summed E-state index contributed by atoms with van der Waals surface area (Å²) in [6.07, 6.45) is 2.35. The number of rotatable bonds is 2. The Bertz CT molecular complexity index is 527. The largest absolute Gasteiger partial charge is 0.399 e. The second-order valence-corrected chi connectivity index (χ2v) is 4.25. The van der Waals surface area contributed by atoms with Gasteiger partial charge in [0.2, 0.25) is 0 Å². The Morgan fingerprint density at radius 3 is 2.88 bits per heavy atom. The van der Waals surface area contributed by atoms with E-state index in [-0.39, 0.29) is 0 Å². The zero-order valence-electron chi connectivity index (χ0n) is 9.09. The summed E-state index contributed by atoms with van der Waals surface area (Å²) in [5.74, 6) is 0.847. The Hall–Kier alpha value is -1.91. The zero-order valence-corrected chi connectivity index (χ0v) is 9.09. The topological polar surface area (TPSA) is 69.6 Å². The van der Waals surface area contributed by atoms with Gasteiger partial charge >= 0.3 is 0 Å². The smallest absolute Gasteiger partial charge is 0.182 e. The molecule has 1 fully saturated rings. The van der Waals surface area contributed by atoms with Crippen molar-refractivity contribution in [1.82, 2.24) is 20.2 Å². The molecule has 1 heterocycles. The van der Waals surface area contributed by atoms with E-state index in [9.17, 15) is 0 Å². The normalized spacial score (nSPS) is 15.3. The number of benzene rings is 1. The van der Waals surface area contributed by atoms with Crippen LogP contribution in [0.3, 0.4) is 0 Å². The van der Waals surface area contributed by atoms with Crippen LogP contribution in [0.2, 0.25) is 0 Å². The Labute approximate surface area is 93.3 Å². The molecule has 0 radical (unpaired) electrons. The van der Waals surface area contributed by atoms with E-state index in [0.717, 1.165) is 22.6 Å². The van der Waals surface area contributed by atoms with Gasteiger partial charge in [-0.15, -0.1) is 5.10 Å². The van der Waals surface area contributed by atoms with E-state index in [0.29, 0.717) is 6.04 Å². The van der Waals surface area contributed by atoms with Crippen LogP contribution in [0.4, 0.5) is 5.69 Å². The van der Waals surface area contributed by atoms with E-state index in [1.54, 1.807) is 0 Å². The summed E-state index contributed by atoms with van der Waals surface area (Å²) in [6, 6.07) is 6.30. The lowest BCUT2D eigenvalue weighted by Crippen LogP contribution is -2.01. The molecule has 1 aliphatic rings. The van der Waals surface area contributed by atoms with E-state index < -0.39 is 0 Å². The monoisotopic (exact) mass is 215 g/mol. The molecule has 0 unspecified atom stereocenters. The lowest BCUT2D eigenvalue weighted by atomic mass is 10.1. The third kappa shape index (κ3) is 1.44. The Morgan fingerprint density at radius 1 is 1.38 bits per heavy atom. The fourth-order valence-corrected chi connectivity index (χ4v) is 1.87. The summed E-state index contributed by atoms with van der Waals surface area (Å²) < 4.78 is 1.92. The van der Waals surface area contributed by atoms with E-state index in [4.69, 9.17) is 5.73 Å². The molecular weight excluding hydrogens is 202 g/mol. The predicted molar refractivity (Wildman–Crippen MR) is 60.7 cm³/mol. The molecule has 0 bridgehead atoms. The number of aryl methyl sites for hydroxylation is 1. The van der Waals surface area contributed by atoms with E-state index in [1.807, 2.05) is 29.8 Å². The molecule has 2 aromatic rings. The van der Waals surface area contributed by atoms with Crippen molar-refractivity contribution in [3.63, 3.8) is 0 Å². The molecule has 1 aromatic heterocycles. The van der Waals surface area contributed by atoms with Gasteiger partial charge in [-0.3, -0.25) is 0 Å². The molecule has 5 nitrogen and oxygen atoms in total. The number of hydrogen-bond donors (Lipinski definition) is 1. The van der Waals surface area contributed by atoms with Crippen LogP contribution in [0.15, 0.2) is 18.2 Å². The van der Waals surface area contributed by atoms with Crippen molar-refractivity contribution in [2.75, 3.05) is 5.73 Å². The van der Waals surface area contributed by atoms with Gasteiger partial charge in [-0.1, -0.05) is 0 Å². The third-order valence-corrected chi connectivity index (χ3v) is 2.88. The molecule has 3 rings (SSSR count). The molecule has 1 aromatic carbocycles. The number of anilines is 1. The quantitative estimate of drug-likeness (QED) is 0.772. The maximum absolute atomic E-state index is 5.73. The summed E-state index contributed by atoms with van der Waals surface area (Å²) in [5, 5.41) is 11.9. The summed E-state index contributed by atoms with van der Waals surface area (Å²) in [7, 11) is 0. The number of tetrazole rings is 1. The molecule has 2 N–H and O–H groups in total. The van der Waals surface area contributed by atoms with Crippen LogP contribution in [-0.4, -0.2) is 20.2 Å². The number of nitrogens with zero attached hydrogens (tertiary/aromatic N) is 4. The lowest BCUT2D eigenvalue weighted by molar-refractivity contribution is 0.615. The van der Waals surface area contributed by atoms with Gasteiger partial charge in [-0.05, 0) is 54.0 Å². The third-order valence-electron chi connectivity index (χ3n) is 2.88. The first kappa shape index (κ1) is 9.33. The number of nitrogens with two attached hydrogens (primary N) is 1. The van der Waals surface area contributed by atoms with Crippen molar-refractivity contribution in [2.45, 2.75) is 25.8 Å². The Morgan fingerprint density at radius 2 is 2.19 bits per heavy atom. The van der Waals surface area contributed by atoms with Gasteiger partial charge in [0.25, 0.3) is 0 Å².